The third kappa shape index (κ3) is 5.35. The average molecular weight is 494 g/mol. The summed E-state index contributed by atoms with van der Waals surface area (Å²) in [6, 6.07) is 7.97. The van der Waals surface area contributed by atoms with Crippen LogP contribution >= 0.6 is 0 Å². The van der Waals surface area contributed by atoms with Crippen molar-refractivity contribution >= 4 is 5.91 Å². The molecular formula is C23H25F7N2O2. The van der Waals surface area contributed by atoms with Crippen LogP contribution in [0.1, 0.15) is 43.4 Å². The smallest absolute Gasteiger partial charge is 0.379 e. The Balaban J connectivity index is 2.96. The van der Waals surface area contributed by atoms with Gasteiger partial charge >= 0.3 is 12.4 Å². The summed E-state index contributed by atoms with van der Waals surface area (Å²) in [6.07, 6.45) is -10.9. The van der Waals surface area contributed by atoms with E-state index in [4.69, 9.17) is 5.73 Å². The number of hydrogen-bond acceptors (Lipinski definition) is 3. The number of halogens is 7. The molecule has 3 atom stereocenters. The summed E-state index contributed by atoms with van der Waals surface area (Å²) in [5, 5.41) is 13.2. The van der Waals surface area contributed by atoms with Crippen molar-refractivity contribution in [2.24, 2.45) is 5.73 Å². The number of carbonyl (C=O) groups is 1. The van der Waals surface area contributed by atoms with E-state index in [2.05, 4.69) is 5.32 Å². The number of hydrogen-bond donors (Lipinski definition) is 3. The summed E-state index contributed by atoms with van der Waals surface area (Å²) >= 11 is 0. The summed E-state index contributed by atoms with van der Waals surface area (Å²) in [7, 11) is 0. The molecule has 0 heterocycles. The van der Waals surface area contributed by atoms with Crippen LogP contribution in [0.15, 0.2) is 48.5 Å². The first kappa shape index (κ1) is 27.6. The summed E-state index contributed by atoms with van der Waals surface area (Å²) in [5.41, 5.74) is -3.19. The third-order valence-corrected chi connectivity index (χ3v) is 5.68. The van der Waals surface area contributed by atoms with Crippen molar-refractivity contribution in [1.29, 1.82) is 0 Å². The molecule has 0 saturated carbocycles. The minimum absolute atomic E-state index is 0.187. The lowest BCUT2D eigenvalue weighted by molar-refractivity contribution is -0.280. The normalized spacial score (nSPS) is 17.2. The maximum absolute atomic E-state index is 14.3. The molecule has 4 N–H and O–H groups in total. The van der Waals surface area contributed by atoms with Crippen LogP contribution in [0.3, 0.4) is 0 Å². The predicted molar refractivity (Wildman–Crippen MR) is 111 cm³/mol. The molecular weight excluding hydrogens is 469 g/mol. The summed E-state index contributed by atoms with van der Waals surface area (Å²) < 4.78 is 97.0. The number of primary amides is 1. The first-order valence-electron chi connectivity index (χ1n) is 10.2. The standard InChI is InChI=1S/C23H25F7N2O2/c1-13(2)32-21(19(31)33,20(3,34)23(28,29)30)18(9-14-7-5-4-6-8-14)15-10-16(22(25,26)27)12-17(24)11-15/h4-8,10-13,18,32,34H,9H2,1-3H3,(H2,31,33)/t18-,20?,21?/m1/s1. The Morgan fingerprint density at radius 2 is 1.59 bits per heavy atom. The van der Waals surface area contributed by atoms with Gasteiger partial charge in [-0.2, -0.15) is 26.3 Å². The molecule has 0 saturated heterocycles. The molecule has 1 amide bonds. The Morgan fingerprint density at radius 1 is 1.03 bits per heavy atom. The lowest BCUT2D eigenvalue weighted by Crippen LogP contribution is -2.77. The Labute approximate surface area is 192 Å². The maximum atomic E-state index is 14.3. The van der Waals surface area contributed by atoms with Crippen LogP contribution in [0.25, 0.3) is 0 Å². The van der Waals surface area contributed by atoms with Gasteiger partial charge in [0.1, 0.15) is 11.4 Å². The van der Waals surface area contributed by atoms with Gasteiger partial charge in [-0.1, -0.05) is 30.3 Å². The summed E-state index contributed by atoms with van der Waals surface area (Å²) in [4.78, 5) is 12.8. The third-order valence-electron chi connectivity index (χ3n) is 5.68. The van der Waals surface area contributed by atoms with Crippen LogP contribution in [0, 0.1) is 5.82 Å². The fourth-order valence-electron chi connectivity index (χ4n) is 4.09. The highest BCUT2D eigenvalue weighted by Crippen LogP contribution is 2.48. The minimum Gasteiger partial charge on any atom is -0.379 e. The highest BCUT2D eigenvalue weighted by molar-refractivity contribution is 5.88. The van der Waals surface area contributed by atoms with Gasteiger partial charge in [0, 0.05) is 12.0 Å². The second kappa shape index (κ2) is 9.53. The molecule has 2 aromatic rings. The van der Waals surface area contributed by atoms with E-state index in [-0.39, 0.29) is 6.07 Å². The number of carbonyl (C=O) groups excluding carboxylic acids is 1. The largest absolute Gasteiger partial charge is 0.419 e. The van der Waals surface area contributed by atoms with E-state index >= 15 is 0 Å². The van der Waals surface area contributed by atoms with Gasteiger partial charge in [0.25, 0.3) is 0 Å². The highest BCUT2D eigenvalue weighted by Gasteiger charge is 2.69. The van der Waals surface area contributed by atoms with Gasteiger partial charge in [-0.3, -0.25) is 10.1 Å². The molecule has 0 aliphatic rings. The summed E-state index contributed by atoms with van der Waals surface area (Å²) in [5.74, 6) is -4.90. The van der Waals surface area contributed by atoms with E-state index in [1.807, 2.05) is 0 Å². The molecule has 2 rings (SSSR count). The second-order valence-electron chi connectivity index (χ2n) is 8.55. The predicted octanol–water partition coefficient (Wildman–Crippen LogP) is 4.71. The highest BCUT2D eigenvalue weighted by atomic mass is 19.4. The molecule has 0 spiro atoms. The number of nitrogens with two attached hydrogens (primary N) is 1. The maximum Gasteiger partial charge on any atom is 0.419 e. The van der Waals surface area contributed by atoms with E-state index in [1.54, 1.807) is 6.07 Å². The molecule has 0 aliphatic heterocycles. The molecule has 11 heteroatoms. The van der Waals surface area contributed by atoms with Crippen molar-refractivity contribution in [2.45, 2.75) is 62.6 Å². The van der Waals surface area contributed by atoms with E-state index in [0.717, 1.165) is 0 Å². The molecule has 0 bridgehead atoms. The quantitative estimate of drug-likeness (QED) is 0.466. The van der Waals surface area contributed by atoms with Crippen LogP contribution in [0.5, 0.6) is 0 Å². The zero-order valence-corrected chi connectivity index (χ0v) is 18.6. The van der Waals surface area contributed by atoms with Crippen LogP contribution in [-0.4, -0.2) is 34.4 Å². The van der Waals surface area contributed by atoms with Gasteiger partial charge < -0.3 is 10.8 Å². The van der Waals surface area contributed by atoms with Crippen LogP contribution in [-0.2, 0) is 17.4 Å². The minimum atomic E-state index is -5.45. The lowest BCUT2D eigenvalue weighted by atomic mass is 9.65. The SMILES string of the molecule is CC(C)NC(C(N)=O)([C@H](Cc1ccccc1)c1cc(F)cc(C(F)(F)F)c1)C(C)(O)C(F)(F)F. The first-order valence-corrected chi connectivity index (χ1v) is 10.2. The first-order chi connectivity index (χ1) is 15.4. The molecule has 2 aromatic carbocycles. The van der Waals surface area contributed by atoms with Gasteiger partial charge in [0.2, 0.25) is 5.91 Å². The molecule has 0 fully saturated rings. The number of benzene rings is 2. The number of alkyl halides is 6. The Kier molecular flexibility index (Phi) is 7.73. The summed E-state index contributed by atoms with van der Waals surface area (Å²) in [6.45, 7) is 3.06. The molecule has 0 radical (unpaired) electrons. The van der Waals surface area contributed by atoms with Gasteiger partial charge in [-0.25, -0.2) is 4.39 Å². The van der Waals surface area contributed by atoms with E-state index < -0.39 is 64.7 Å². The number of amides is 1. The Hall–Kier alpha value is -2.66. The van der Waals surface area contributed by atoms with Crippen LogP contribution in [0.2, 0.25) is 0 Å². The van der Waals surface area contributed by atoms with Gasteiger partial charge in [0.15, 0.2) is 5.60 Å². The fourth-order valence-corrected chi connectivity index (χ4v) is 4.09. The van der Waals surface area contributed by atoms with Crippen molar-refractivity contribution in [1.82, 2.24) is 5.32 Å². The van der Waals surface area contributed by atoms with Crippen molar-refractivity contribution in [2.75, 3.05) is 0 Å². The van der Waals surface area contributed by atoms with E-state index in [1.165, 1.54) is 38.1 Å². The zero-order chi connectivity index (χ0) is 26.1. The monoisotopic (exact) mass is 494 g/mol. The lowest BCUT2D eigenvalue weighted by Gasteiger charge is -2.50. The Bertz CT molecular complexity index is 1000. The van der Waals surface area contributed by atoms with Crippen LogP contribution < -0.4 is 11.1 Å². The molecule has 0 aliphatic carbocycles. The number of aliphatic hydroxyl groups is 1. The zero-order valence-electron chi connectivity index (χ0n) is 18.6. The van der Waals surface area contributed by atoms with Crippen molar-refractivity contribution in [3.05, 3.63) is 71.0 Å². The van der Waals surface area contributed by atoms with E-state index in [0.29, 0.717) is 24.6 Å². The van der Waals surface area contributed by atoms with Gasteiger partial charge in [0.05, 0.1) is 5.56 Å². The molecule has 0 aromatic heterocycles. The van der Waals surface area contributed by atoms with Crippen molar-refractivity contribution < 1.29 is 40.6 Å². The van der Waals surface area contributed by atoms with Gasteiger partial charge in [-0.05, 0) is 56.5 Å². The van der Waals surface area contributed by atoms with Crippen molar-refractivity contribution in [3.63, 3.8) is 0 Å². The number of rotatable bonds is 8. The molecule has 34 heavy (non-hydrogen) atoms. The molecule has 2 unspecified atom stereocenters. The van der Waals surface area contributed by atoms with E-state index in [9.17, 15) is 40.6 Å². The fraction of sp³-hybridized carbons (Fsp3) is 0.435. The number of nitrogens with one attached hydrogen (secondary N) is 1. The Morgan fingerprint density at radius 3 is 2.03 bits per heavy atom. The molecule has 4 nitrogen and oxygen atoms in total. The average Bonchev–Trinajstić information content (AvgIpc) is 2.68. The van der Waals surface area contributed by atoms with Crippen molar-refractivity contribution in [3.8, 4) is 0 Å². The van der Waals surface area contributed by atoms with Crippen LogP contribution in [0.4, 0.5) is 30.7 Å². The van der Waals surface area contributed by atoms with Gasteiger partial charge in [-0.15, -0.1) is 0 Å². The second-order valence-corrected chi connectivity index (χ2v) is 8.55. The molecule has 188 valence electrons. The topological polar surface area (TPSA) is 75.3 Å².